The Hall–Kier alpha value is -0.960. The van der Waals surface area contributed by atoms with Gasteiger partial charge in [-0.2, -0.15) is 0 Å². The molecule has 0 aromatic carbocycles. The molecular weight excluding hydrogens is 222 g/mol. The predicted molar refractivity (Wildman–Crippen MR) is 79.0 cm³/mol. The highest BCUT2D eigenvalue weighted by molar-refractivity contribution is 5.08. The first kappa shape index (κ1) is 15.1. The lowest BCUT2D eigenvalue weighted by Gasteiger charge is -2.23. The Morgan fingerprint density at radius 3 is 2.61 bits per heavy atom. The van der Waals surface area contributed by atoms with Crippen LogP contribution >= 0.6 is 0 Å². The van der Waals surface area contributed by atoms with E-state index in [-0.39, 0.29) is 0 Å². The molecule has 1 rings (SSSR count). The van der Waals surface area contributed by atoms with Gasteiger partial charge in [0.15, 0.2) is 0 Å². The van der Waals surface area contributed by atoms with Crippen molar-refractivity contribution in [3.8, 4) is 0 Å². The quantitative estimate of drug-likeness (QED) is 0.650. The SMILES string of the molecule is C=C(N)C(C)C[C@@H](C)CNC(=C)[C@H]1NCC[C@@H]1C. The van der Waals surface area contributed by atoms with Crippen LogP contribution in [0.15, 0.2) is 24.6 Å². The molecule has 0 saturated carbocycles. The third kappa shape index (κ3) is 4.37. The predicted octanol–water partition coefficient (Wildman–Crippen LogP) is 2.22. The van der Waals surface area contributed by atoms with Crippen molar-refractivity contribution in [2.24, 2.45) is 23.5 Å². The van der Waals surface area contributed by atoms with Crippen molar-refractivity contribution in [1.82, 2.24) is 10.6 Å². The number of rotatable bonds is 7. The Balaban J connectivity index is 2.27. The highest BCUT2D eigenvalue weighted by Gasteiger charge is 2.25. The monoisotopic (exact) mass is 251 g/mol. The summed E-state index contributed by atoms with van der Waals surface area (Å²) in [5, 5.41) is 6.96. The van der Waals surface area contributed by atoms with Crippen molar-refractivity contribution < 1.29 is 0 Å². The molecule has 0 amide bonds. The summed E-state index contributed by atoms with van der Waals surface area (Å²) >= 11 is 0. The molecule has 0 aliphatic carbocycles. The molecule has 0 bridgehead atoms. The molecule has 4 atom stereocenters. The summed E-state index contributed by atoms with van der Waals surface area (Å²) in [6.45, 7) is 16.7. The molecule has 0 spiro atoms. The van der Waals surface area contributed by atoms with Gasteiger partial charge in [0, 0.05) is 24.0 Å². The minimum atomic E-state index is 0.388. The molecule has 1 fully saturated rings. The summed E-state index contributed by atoms with van der Waals surface area (Å²) < 4.78 is 0. The molecule has 1 aliphatic rings. The summed E-state index contributed by atoms with van der Waals surface area (Å²) in [4.78, 5) is 0. The fourth-order valence-corrected chi connectivity index (χ4v) is 2.55. The first-order valence-corrected chi connectivity index (χ1v) is 7.02. The lowest BCUT2D eigenvalue weighted by molar-refractivity contribution is 0.422. The van der Waals surface area contributed by atoms with Gasteiger partial charge in [-0.05, 0) is 37.1 Å². The van der Waals surface area contributed by atoms with Crippen molar-refractivity contribution >= 4 is 0 Å². The molecule has 3 heteroatoms. The maximum Gasteiger partial charge on any atom is 0.0489 e. The van der Waals surface area contributed by atoms with Gasteiger partial charge in [0.05, 0.1) is 0 Å². The summed E-state index contributed by atoms with van der Waals surface area (Å²) in [6, 6.07) is 0.430. The lowest BCUT2D eigenvalue weighted by Crippen LogP contribution is -2.36. The van der Waals surface area contributed by atoms with Crippen LogP contribution < -0.4 is 16.4 Å². The molecule has 18 heavy (non-hydrogen) atoms. The van der Waals surface area contributed by atoms with Gasteiger partial charge >= 0.3 is 0 Å². The van der Waals surface area contributed by atoms with Crippen LogP contribution in [-0.2, 0) is 0 Å². The van der Waals surface area contributed by atoms with Gasteiger partial charge in [0.25, 0.3) is 0 Å². The second-order valence-corrected chi connectivity index (χ2v) is 5.92. The molecule has 4 N–H and O–H groups in total. The fourth-order valence-electron chi connectivity index (χ4n) is 2.55. The number of nitrogens with one attached hydrogen (secondary N) is 2. The van der Waals surface area contributed by atoms with Crippen LogP contribution in [0.25, 0.3) is 0 Å². The zero-order valence-electron chi connectivity index (χ0n) is 12.1. The molecule has 1 saturated heterocycles. The highest BCUT2D eigenvalue weighted by atomic mass is 15.0. The lowest BCUT2D eigenvalue weighted by atomic mass is 9.95. The number of hydrogen-bond donors (Lipinski definition) is 3. The van der Waals surface area contributed by atoms with Gasteiger partial charge in [0.1, 0.15) is 0 Å². The Morgan fingerprint density at radius 1 is 1.44 bits per heavy atom. The smallest absolute Gasteiger partial charge is 0.0489 e. The normalized spacial score (nSPS) is 26.6. The summed E-state index contributed by atoms with van der Waals surface area (Å²) in [5.74, 6) is 1.65. The molecule has 1 heterocycles. The van der Waals surface area contributed by atoms with E-state index in [1.54, 1.807) is 0 Å². The van der Waals surface area contributed by atoms with Crippen LogP contribution in [-0.4, -0.2) is 19.1 Å². The van der Waals surface area contributed by atoms with Crippen molar-refractivity contribution in [2.75, 3.05) is 13.1 Å². The summed E-state index contributed by atoms with van der Waals surface area (Å²) in [7, 11) is 0. The largest absolute Gasteiger partial charge is 0.402 e. The van der Waals surface area contributed by atoms with Crippen molar-refractivity contribution in [3.63, 3.8) is 0 Å². The van der Waals surface area contributed by atoms with Crippen LogP contribution in [0.3, 0.4) is 0 Å². The van der Waals surface area contributed by atoms with E-state index < -0.39 is 0 Å². The van der Waals surface area contributed by atoms with Crippen LogP contribution in [0.2, 0.25) is 0 Å². The fraction of sp³-hybridized carbons (Fsp3) is 0.733. The molecule has 104 valence electrons. The number of nitrogens with two attached hydrogens (primary N) is 1. The van der Waals surface area contributed by atoms with Gasteiger partial charge < -0.3 is 16.4 Å². The highest BCUT2D eigenvalue weighted by Crippen LogP contribution is 2.19. The van der Waals surface area contributed by atoms with Crippen LogP contribution in [0.5, 0.6) is 0 Å². The first-order chi connectivity index (χ1) is 8.41. The molecule has 3 nitrogen and oxygen atoms in total. The van der Waals surface area contributed by atoms with Crippen LogP contribution in [0.4, 0.5) is 0 Å². The molecule has 0 aromatic rings. The van der Waals surface area contributed by atoms with Crippen LogP contribution in [0.1, 0.15) is 33.6 Å². The average molecular weight is 251 g/mol. The number of hydrogen-bond acceptors (Lipinski definition) is 3. The van der Waals surface area contributed by atoms with E-state index in [0.717, 1.165) is 30.9 Å². The zero-order valence-corrected chi connectivity index (χ0v) is 12.1. The summed E-state index contributed by atoms with van der Waals surface area (Å²) in [6.07, 6.45) is 2.31. The topological polar surface area (TPSA) is 50.1 Å². The van der Waals surface area contributed by atoms with Gasteiger partial charge in [-0.1, -0.05) is 33.9 Å². The third-order valence-electron chi connectivity index (χ3n) is 3.97. The van der Waals surface area contributed by atoms with Gasteiger partial charge in [-0.3, -0.25) is 0 Å². The summed E-state index contributed by atoms with van der Waals surface area (Å²) in [5.41, 5.74) is 7.63. The van der Waals surface area contributed by atoms with E-state index in [2.05, 4.69) is 44.6 Å². The van der Waals surface area contributed by atoms with Crippen molar-refractivity contribution in [3.05, 3.63) is 24.6 Å². The van der Waals surface area contributed by atoms with E-state index in [4.69, 9.17) is 5.73 Å². The van der Waals surface area contributed by atoms with Gasteiger partial charge in [-0.15, -0.1) is 0 Å². The minimum Gasteiger partial charge on any atom is -0.402 e. The van der Waals surface area contributed by atoms with E-state index in [1.165, 1.54) is 6.42 Å². The van der Waals surface area contributed by atoms with Crippen molar-refractivity contribution in [1.29, 1.82) is 0 Å². The second-order valence-electron chi connectivity index (χ2n) is 5.92. The standard InChI is InChI=1S/C15H29N3/c1-10(8-12(3)13(4)16)9-18-14(5)15-11(2)6-7-17-15/h10-12,15,17-18H,4-9,16H2,1-3H3/t10-,11+,12?,15+/m1/s1. The zero-order chi connectivity index (χ0) is 13.7. The Morgan fingerprint density at radius 2 is 2.11 bits per heavy atom. The average Bonchev–Trinajstić information content (AvgIpc) is 2.72. The van der Waals surface area contributed by atoms with Gasteiger partial charge in [-0.25, -0.2) is 0 Å². The van der Waals surface area contributed by atoms with Crippen LogP contribution in [0, 0.1) is 17.8 Å². The second kappa shape index (κ2) is 6.83. The van der Waals surface area contributed by atoms with E-state index in [9.17, 15) is 0 Å². The van der Waals surface area contributed by atoms with Crippen molar-refractivity contribution in [2.45, 2.75) is 39.7 Å². The van der Waals surface area contributed by atoms with E-state index in [0.29, 0.717) is 23.8 Å². The Kier molecular flexibility index (Phi) is 5.73. The maximum absolute atomic E-state index is 5.72. The van der Waals surface area contributed by atoms with E-state index >= 15 is 0 Å². The van der Waals surface area contributed by atoms with E-state index in [1.807, 2.05) is 0 Å². The minimum absolute atomic E-state index is 0.388. The van der Waals surface area contributed by atoms with Gasteiger partial charge in [0.2, 0.25) is 0 Å². The third-order valence-corrected chi connectivity index (χ3v) is 3.97. The maximum atomic E-state index is 5.72. The molecule has 1 aliphatic heterocycles. The Bertz CT molecular complexity index is 298. The molecule has 1 unspecified atom stereocenters. The molecular formula is C15H29N3. The first-order valence-electron chi connectivity index (χ1n) is 7.02. The number of allylic oxidation sites excluding steroid dienone is 1. The Labute approximate surface area is 112 Å². The molecule has 0 radical (unpaired) electrons. The molecule has 0 aromatic heterocycles.